The molecule has 24 heavy (non-hydrogen) atoms. The van der Waals surface area contributed by atoms with Crippen LogP contribution < -0.4 is 11.1 Å². The summed E-state index contributed by atoms with van der Waals surface area (Å²) in [6, 6.07) is 2.00. The lowest BCUT2D eigenvalue weighted by molar-refractivity contribution is -0.144. The summed E-state index contributed by atoms with van der Waals surface area (Å²) in [5.74, 6) is -4.56. The fourth-order valence-corrected chi connectivity index (χ4v) is 2.15. The number of halogens is 2. The highest BCUT2D eigenvalue weighted by Gasteiger charge is 2.27. The Morgan fingerprint density at radius 2 is 1.92 bits per heavy atom. The summed E-state index contributed by atoms with van der Waals surface area (Å²) in [5, 5.41) is 2.41. The van der Waals surface area contributed by atoms with Crippen LogP contribution in [0.2, 0.25) is 0 Å². The van der Waals surface area contributed by atoms with Crippen LogP contribution >= 0.6 is 0 Å². The van der Waals surface area contributed by atoms with Crippen LogP contribution in [0.3, 0.4) is 0 Å². The second-order valence-electron chi connectivity index (χ2n) is 5.36. The largest absolute Gasteiger partial charge is 0.466 e. The smallest absolute Gasteiger partial charge is 0.306 e. The Kier molecular flexibility index (Phi) is 7.29. The lowest BCUT2D eigenvalue weighted by Gasteiger charge is -2.21. The van der Waals surface area contributed by atoms with Crippen LogP contribution in [0.25, 0.3) is 0 Å². The van der Waals surface area contributed by atoms with Crippen LogP contribution in [0.5, 0.6) is 0 Å². The number of primary amides is 1. The molecule has 0 fully saturated rings. The van der Waals surface area contributed by atoms with Gasteiger partial charge in [-0.3, -0.25) is 14.4 Å². The number of ether oxygens (including phenoxy) is 1. The van der Waals surface area contributed by atoms with Crippen molar-refractivity contribution in [3.8, 4) is 0 Å². The first kappa shape index (κ1) is 19.5. The molecule has 132 valence electrons. The fraction of sp³-hybridized carbons (Fsp3) is 0.438. The van der Waals surface area contributed by atoms with Gasteiger partial charge in [0.05, 0.1) is 19.4 Å². The number of carbonyl (C=O) groups is 3. The highest BCUT2D eigenvalue weighted by atomic mass is 19.2. The van der Waals surface area contributed by atoms with Crippen molar-refractivity contribution < 1.29 is 27.9 Å². The number of rotatable bonds is 8. The van der Waals surface area contributed by atoms with E-state index in [1.54, 1.807) is 13.8 Å². The average Bonchev–Trinajstić information content (AvgIpc) is 2.48. The molecule has 1 rings (SSSR count). The Balaban J connectivity index is 2.69. The standard InChI is InChI=1S/C16H20F2N2O4/c1-3-24-14(22)6-9(2)15(16(19)23)20-13(21)8-10-4-5-11(17)12(18)7-10/h4-5,7,9,15H,3,6,8H2,1-2H3,(H2,19,23)(H,20,21)/t9-,15+/m1/s1. The second kappa shape index (κ2) is 8.95. The van der Waals surface area contributed by atoms with Crippen LogP contribution in [0, 0.1) is 17.6 Å². The maximum absolute atomic E-state index is 13.1. The molecule has 0 unspecified atom stereocenters. The number of hydrogen-bond donors (Lipinski definition) is 2. The molecule has 0 radical (unpaired) electrons. The van der Waals surface area contributed by atoms with Crippen molar-refractivity contribution in [1.82, 2.24) is 5.32 Å². The van der Waals surface area contributed by atoms with E-state index in [2.05, 4.69) is 5.32 Å². The number of nitrogens with two attached hydrogens (primary N) is 1. The highest BCUT2D eigenvalue weighted by Crippen LogP contribution is 2.12. The third-order valence-corrected chi connectivity index (χ3v) is 3.33. The SMILES string of the molecule is CCOC(=O)C[C@@H](C)[C@H](NC(=O)Cc1ccc(F)c(F)c1)C(N)=O. The van der Waals surface area contributed by atoms with E-state index >= 15 is 0 Å². The zero-order valence-electron chi connectivity index (χ0n) is 13.5. The molecule has 0 saturated heterocycles. The van der Waals surface area contributed by atoms with Gasteiger partial charge < -0.3 is 15.8 Å². The summed E-state index contributed by atoms with van der Waals surface area (Å²) >= 11 is 0. The Morgan fingerprint density at radius 1 is 1.25 bits per heavy atom. The molecule has 0 aliphatic rings. The first-order valence-corrected chi connectivity index (χ1v) is 7.42. The van der Waals surface area contributed by atoms with E-state index in [1.807, 2.05) is 0 Å². The Morgan fingerprint density at radius 3 is 2.46 bits per heavy atom. The predicted octanol–water partition coefficient (Wildman–Crippen LogP) is 1.07. The lowest BCUT2D eigenvalue weighted by atomic mass is 9.97. The average molecular weight is 342 g/mol. The van der Waals surface area contributed by atoms with Crippen LogP contribution in [-0.4, -0.2) is 30.4 Å². The normalized spacial score (nSPS) is 13.0. The van der Waals surface area contributed by atoms with Crippen molar-refractivity contribution in [2.24, 2.45) is 11.7 Å². The zero-order valence-corrected chi connectivity index (χ0v) is 13.5. The lowest BCUT2D eigenvalue weighted by Crippen LogP contribution is -2.49. The number of carbonyl (C=O) groups excluding carboxylic acids is 3. The topological polar surface area (TPSA) is 98.5 Å². The van der Waals surface area contributed by atoms with Crippen LogP contribution in [-0.2, 0) is 25.5 Å². The van der Waals surface area contributed by atoms with Gasteiger partial charge in [-0.2, -0.15) is 0 Å². The van der Waals surface area contributed by atoms with Crippen LogP contribution in [0.1, 0.15) is 25.8 Å². The van der Waals surface area contributed by atoms with E-state index in [9.17, 15) is 23.2 Å². The molecule has 8 heteroatoms. The van der Waals surface area contributed by atoms with E-state index in [0.717, 1.165) is 12.1 Å². The van der Waals surface area contributed by atoms with Gasteiger partial charge in [-0.05, 0) is 30.5 Å². The van der Waals surface area contributed by atoms with E-state index in [0.29, 0.717) is 0 Å². The van der Waals surface area contributed by atoms with E-state index < -0.39 is 41.4 Å². The highest BCUT2D eigenvalue weighted by molar-refractivity contribution is 5.88. The summed E-state index contributed by atoms with van der Waals surface area (Å²) in [6.45, 7) is 3.43. The number of hydrogen-bond acceptors (Lipinski definition) is 4. The second-order valence-corrected chi connectivity index (χ2v) is 5.36. The van der Waals surface area contributed by atoms with Crippen molar-refractivity contribution in [2.75, 3.05) is 6.61 Å². The Labute approximate surface area is 138 Å². The maximum Gasteiger partial charge on any atom is 0.306 e. The summed E-state index contributed by atoms with van der Waals surface area (Å²) in [7, 11) is 0. The minimum Gasteiger partial charge on any atom is -0.466 e. The predicted molar refractivity (Wildman–Crippen MR) is 81.6 cm³/mol. The summed E-state index contributed by atoms with van der Waals surface area (Å²) in [6.07, 6.45) is -0.347. The molecular formula is C16H20F2N2O4. The summed E-state index contributed by atoms with van der Waals surface area (Å²) in [5.41, 5.74) is 5.50. The number of esters is 1. The molecule has 3 N–H and O–H groups in total. The fourth-order valence-electron chi connectivity index (χ4n) is 2.15. The van der Waals surface area contributed by atoms with Crippen molar-refractivity contribution >= 4 is 17.8 Å². The third kappa shape index (κ3) is 5.94. The van der Waals surface area contributed by atoms with Gasteiger partial charge in [0.2, 0.25) is 11.8 Å². The molecule has 2 amide bonds. The quantitative estimate of drug-likeness (QED) is 0.690. The van der Waals surface area contributed by atoms with Gasteiger partial charge in [-0.1, -0.05) is 13.0 Å². The van der Waals surface area contributed by atoms with Crippen molar-refractivity contribution in [3.05, 3.63) is 35.4 Å². The molecule has 0 aliphatic carbocycles. The summed E-state index contributed by atoms with van der Waals surface area (Å²) < 4.78 is 30.8. The summed E-state index contributed by atoms with van der Waals surface area (Å²) in [4.78, 5) is 35.0. The molecule has 0 bridgehead atoms. The molecule has 1 aromatic carbocycles. The first-order chi connectivity index (χ1) is 11.2. The van der Waals surface area contributed by atoms with Crippen molar-refractivity contribution in [3.63, 3.8) is 0 Å². The molecule has 0 aliphatic heterocycles. The van der Waals surface area contributed by atoms with Gasteiger partial charge in [0.25, 0.3) is 0 Å². The van der Waals surface area contributed by atoms with Gasteiger partial charge in [-0.15, -0.1) is 0 Å². The monoisotopic (exact) mass is 342 g/mol. The number of amides is 2. The molecule has 0 spiro atoms. The van der Waals surface area contributed by atoms with Gasteiger partial charge in [0, 0.05) is 0 Å². The molecule has 6 nitrogen and oxygen atoms in total. The number of nitrogens with one attached hydrogen (secondary N) is 1. The van der Waals surface area contributed by atoms with Crippen molar-refractivity contribution in [2.45, 2.75) is 32.7 Å². The van der Waals surface area contributed by atoms with Crippen LogP contribution in [0.15, 0.2) is 18.2 Å². The van der Waals surface area contributed by atoms with Gasteiger partial charge in [-0.25, -0.2) is 8.78 Å². The van der Waals surface area contributed by atoms with Crippen molar-refractivity contribution in [1.29, 1.82) is 0 Å². The molecule has 1 aromatic rings. The van der Waals surface area contributed by atoms with Gasteiger partial charge in [0.1, 0.15) is 6.04 Å². The molecular weight excluding hydrogens is 322 g/mol. The zero-order chi connectivity index (χ0) is 18.3. The van der Waals surface area contributed by atoms with Crippen LogP contribution in [0.4, 0.5) is 8.78 Å². The first-order valence-electron chi connectivity index (χ1n) is 7.42. The van der Waals surface area contributed by atoms with E-state index in [1.165, 1.54) is 6.07 Å². The van der Waals surface area contributed by atoms with E-state index in [4.69, 9.17) is 10.5 Å². The minimum absolute atomic E-state index is 0.0904. The minimum atomic E-state index is -1.08. The Hall–Kier alpha value is -2.51. The van der Waals surface area contributed by atoms with E-state index in [-0.39, 0.29) is 25.0 Å². The van der Waals surface area contributed by atoms with Gasteiger partial charge >= 0.3 is 5.97 Å². The van der Waals surface area contributed by atoms with Gasteiger partial charge in [0.15, 0.2) is 11.6 Å². The molecule has 0 heterocycles. The third-order valence-electron chi connectivity index (χ3n) is 3.33. The molecule has 0 aromatic heterocycles. The molecule has 2 atom stereocenters. The Bertz CT molecular complexity index is 622. The molecule has 0 saturated carbocycles. The maximum atomic E-state index is 13.1. The number of benzene rings is 1.